The monoisotopic (exact) mass is 437 g/mol. The van der Waals surface area contributed by atoms with E-state index in [1.54, 1.807) is 24.3 Å². The van der Waals surface area contributed by atoms with Crippen LogP contribution in [-0.2, 0) is 0 Å². The minimum absolute atomic E-state index is 0.0958. The number of nitrogens with two attached hydrogens (primary N) is 1. The van der Waals surface area contributed by atoms with E-state index in [1.807, 2.05) is 6.92 Å². The maximum absolute atomic E-state index is 13.0. The van der Waals surface area contributed by atoms with E-state index in [1.165, 1.54) is 18.2 Å². The first-order valence-corrected chi connectivity index (χ1v) is 9.68. The van der Waals surface area contributed by atoms with Crippen LogP contribution in [0.15, 0.2) is 53.3 Å². The number of ketones is 1. The zero-order valence-corrected chi connectivity index (χ0v) is 17.0. The Morgan fingerprint density at radius 3 is 2.39 bits per heavy atom. The van der Waals surface area contributed by atoms with Gasteiger partial charge >= 0.3 is 0 Å². The predicted molar refractivity (Wildman–Crippen MR) is 114 cm³/mol. The number of halogens is 1. The van der Waals surface area contributed by atoms with E-state index >= 15 is 0 Å². The summed E-state index contributed by atoms with van der Waals surface area (Å²) >= 11 is 6.29. The summed E-state index contributed by atoms with van der Waals surface area (Å²) in [5.74, 6) is -1.30. The molecule has 2 heterocycles. The Kier molecular flexibility index (Phi) is 5.08. The third kappa shape index (κ3) is 3.47. The standard InChI is InChI=1S/C22H16ClN3O5/c1-2-31-13-6-3-11(4-7-13)19(28)12-5-8-15(23)16(9-12)26-17(27)10-14-18(20(26)24)22(30)25-21(14)29/h3-10H,2,24H2,1H3,(H,25,29,30). The van der Waals surface area contributed by atoms with Crippen LogP contribution in [0.25, 0.3) is 5.69 Å². The smallest absolute Gasteiger partial charge is 0.262 e. The van der Waals surface area contributed by atoms with Gasteiger partial charge in [0.25, 0.3) is 17.4 Å². The van der Waals surface area contributed by atoms with E-state index in [2.05, 4.69) is 5.32 Å². The van der Waals surface area contributed by atoms with E-state index in [-0.39, 0.29) is 39.0 Å². The molecule has 4 rings (SSSR count). The number of rotatable bonds is 5. The molecule has 0 atom stereocenters. The van der Waals surface area contributed by atoms with Gasteiger partial charge in [-0.2, -0.15) is 0 Å². The van der Waals surface area contributed by atoms with Gasteiger partial charge in [0.1, 0.15) is 11.6 Å². The number of amides is 2. The van der Waals surface area contributed by atoms with E-state index in [0.717, 1.165) is 10.6 Å². The molecule has 0 aliphatic carbocycles. The minimum Gasteiger partial charge on any atom is -0.494 e. The normalized spacial score (nSPS) is 12.5. The summed E-state index contributed by atoms with van der Waals surface area (Å²) in [4.78, 5) is 49.6. The number of nitrogens with zero attached hydrogens (tertiary/aromatic N) is 1. The van der Waals surface area contributed by atoms with Crippen LogP contribution >= 0.6 is 11.6 Å². The molecule has 1 aliphatic rings. The minimum atomic E-state index is -0.705. The van der Waals surface area contributed by atoms with Crippen molar-refractivity contribution < 1.29 is 19.1 Å². The molecule has 1 aliphatic heterocycles. The number of hydrogen-bond donors (Lipinski definition) is 2. The molecule has 31 heavy (non-hydrogen) atoms. The van der Waals surface area contributed by atoms with Crippen molar-refractivity contribution in [3.8, 4) is 11.4 Å². The lowest BCUT2D eigenvalue weighted by Gasteiger charge is -2.14. The first-order chi connectivity index (χ1) is 14.8. The Labute approximate surface area is 181 Å². The summed E-state index contributed by atoms with van der Waals surface area (Å²) in [5, 5.41) is 2.24. The molecule has 156 valence electrons. The molecule has 0 saturated carbocycles. The average molecular weight is 438 g/mol. The van der Waals surface area contributed by atoms with Crippen molar-refractivity contribution in [1.82, 2.24) is 9.88 Å². The van der Waals surface area contributed by atoms with Crippen molar-refractivity contribution in [2.75, 3.05) is 12.3 Å². The number of fused-ring (bicyclic) bond motifs is 1. The second-order valence-corrected chi connectivity index (χ2v) is 7.14. The lowest BCUT2D eigenvalue weighted by molar-refractivity contribution is 0.0879. The van der Waals surface area contributed by atoms with Crippen molar-refractivity contribution in [2.45, 2.75) is 6.92 Å². The number of nitrogen functional groups attached to an aromatic ring is 1. The zero-order chi connectivity index (χ0) is 22.3. The maximum atomic E-state index is 13.0. The molecule has 0 bridgehead atoms. The molecule has 3 N–H and O–H groups in total. The molecule has 0 radical (unpaired) electrons. The van der Waals surface area contributed by atoms with Crippen molar-refractivity contribution in [3.05, 3.63) is 86.2 Å². The molecule has 9 heteroatoms. The van der Waals surface area contributed by atoms with Gasteiger partial charge in [-0.15, -0.1) is 0 Å². The fourth-order valence-corrected chi connectivity index (χ4v) is 3.59. The number of hydrogen-bond acceptors (Lipinski definition) is 6. The third-order valence-electron chi connectivity index (χ3n) is 4.83. The second kappa shape index (κ2) is 7.73. The van der Waals surface area contributed by atoms with Crippen LogP contribution < -0.4 is 21.3 Å². The number of aromatic nitrogens is 1. The van der Waals surface area contributed by atoms with Gasteiger partial charge in [-0.05, 0) is 49.4 Å². The summed E-state index contributed by atoms with van der Waals surface area (Å²) < 4.78 is 6.39. The highest BCUT2D eigenvalue weighted by molar-refractivity contribution is 6.32. The van der Waals surface area contributed by atoms with E-state index in [0.29, 0.717) is 17.9 Å². The number of pyridine rings is 1. The summed E-state index contributed by atoms with van der Waals surface area (Å²) in [6.45, 7) is 2.37. The van der Waals surface area contributed by atoms with Crippen LogP contribution in [0.4, 0.5) is 5.82 Å². The Bertz CT molecular complexity index is 1310. The quantitative estimate of drug-likeness (QED) is 0.467. The zero-order valence-electron chi connectivity index (χ0n) is 16.3. The summed E-state index contributed by atoms with van der Waals surface area (Å²) in [6, 6.07) is 12.1. The van der Waals surface area contributed by atoms with E-state index in [9.17, 15) is 19.2 Å². The van der Waals surface area contributed by atoms with Gasteiger partial charge in [0.05, 0.1) is 28.4 Å². The fraction of sp³-hybridized carbons (Fsp3) is 0.0909. The molecule has 8 nitrogen and oxygen atoms in total. The van der Waals surface area contributed by atoms with Crippen molar-refractivity contribution in [3.63, 3.8) is 0 Å². The first kappa shape index (κ1) is 20.4. The van der Waals surface area contributed by atoms with Gasteiger partial charge in [0.15, 0.2) is 5.78 Å². The number of carbonyl (C=O) groups excluding carboxylic acids is 3. The van der Waals surface area contributed by atoms with Crippen LogP contribution in [0, 0.1) is 0 Å². The molecule has 0 unspecified atom stereocenters. The third-order valence-corrected chi connectivity index (χ3v) is 5.15. The van der Waals surface area contributed by atoms with Crippen LogP contribution in [0.3, 0.4) is 0 Å². The molecular formula is C22H16ClN3O5. The van der Waals surface area contributed by atoms with Gasteiger partial charge in [0, 0.05) is 17.2 Å². The summed E-state index contributed by atoms with van der Waals surface area (Å²) in [6.07, 6.45) is 0. The van der Waals surface area contributed by atoms with Gasteiger partial charge in [-0.25, -0.2) is 0 Å². The lowest BCUT2D eigenvalue weighted by atomic mass is 10.0. The van der Waals surface area contributed by atoms with Crippen LogP contribution in [-0.4, -0.2) is 28.8 Å². The maximum Gasteiger partial charge on any atom is 0.262 e. The molecule has 1 aromatic heterocycles. The highest BCUT2D eigenvalue weighted by Gasteiger charge is 2.32. The van der Waals surface area contributed by atoms with Crippen molar-refractivity contribution in [1.29, 1.82) is 0 Å². The number of nitrogens with one attached hydrogen (secondary N) is 1. The van der Waals surface area contributed by atoms with Crippen molar-refractivity contribution in [2.24, 2.45) is 0 Å². The van der Waals surface area contributed by atoms with Gasteiger partial charge < -0.3 is 10.5 Å². The Morgan fingerprint density at radius 1 is 1.03 bits per heavy atom. The SMILES string of the molecule is CCOc1ccc(C(=O)c2ccc(Cl)c(-n3c(N)c4c(cc3=O)C(=O)NC4=O)c2)cc1. The van der Waals surface area contributed by atoms with Crippen LogP contribution in [0.1, 0.15) is 43.6 Å². The lowest BCUT2D eigenvalue weighted by Crippen LogP contribution is -2.24. The predicted octanol–water partition coefficient (Wildman–Crippen LogP) is 2.59. The molecule has 0 fully saturated rings. The largest absolute Gasteiger partial charge is 0.494 e. The molecule has 3 aromatic rings. The van der Waals surface area contributed by atoms with E-state index < -0.39 is 17.4 Å². The number of benzene rings is 2. The van der Waals surface area contributed by atoms with Crippen molar-refractivity contribution >= 4 is 35.0 Å². The second-order valence-electron chi connectivity index (χ2n) is 6.73. The van der Waals surface area contributed by atoms with E-state index in [4.69, 9.17) is 22.1 Å². The Hall–Kier alpha value is -3.91. The Morgan fingerprint density at radius 2 is 1.71 bits per heavy atom. The topological polar surface area (TPSA) is 120 Å². The fourth-order valence-electron chi connectivity index (χ4n) is 3.39. The van der Waals surface area contributed by atoms with Gasteiger partial charge in [-0.3, -0.25) is 29.1 Å². The van der Waals surface area contributed by atoms with Crippen LogP contribution in [0.2, 0.25) is 5.02 Å². The Balaban J connectivity index is 1.80. The van der Waals surface area contributed by atoms with Gasteiger partial charge in [-0.1, -0.05) is 11.6 Å². The molecule has 2 amide bonds. The number of carbonyl (C=O) groups is 3. The molecule has 2 aromatic carbocycles. The number of imide groups is 1. The molecule has 0 spiro atoms. The summed E-state index contributed by atoms with van der Waals surface area (Å²) in [7, 11) is 0. The van der Waals surface area contributed by atoms with Gasteiger partial charge in [0.2, 0.25) is 0 Å². The summed E-state index contributed by atoms with van der Waals surface area (Å²) in [5.41, 5.74) is 6.00. The van der Waals surface area contributed by atoms with Crippen LogP contribution in [0.5, 0.6) is 5.75 Å². The molecule has 0 saturated heterocycles. The highest BCUT2D eigenvalue weighted by Crippen LogP contribution is 2.28. The highest BCUT2D eigenvalue weighted by atomic mass is 35.5. The number of anilines is 1. The molecular weight excluding hydrogens is 422 g/mol. The first-order valence-electron chi connectivity index (χ1n) is 9.30. The average Bonchev–Trinajstić information content (AvgIpc) is 3.03. The number of ether oxygens (including phenoxy) is 1.